The molecule has 2 aromatic carbocycles. The minimum absolute atomic E-state index is 0.121. The molecule has 2 aliphatic rings. The molecule has 1 saturated heterocycles. The Labute approximate surface area is 165 Å². The minimum Gasteiger partial charge on any atom is -0.497 e. The van der Waals surface area contributed by atoms with Crippen LogP contribution >= 0.6 is 0 Å². The van der Waals surface area contributed by atoms with Crippen LogP contribution in [0, 0.1) is 0 Å². The number of nitrogens with zero attached hydrogens (tertiary/aromatic N) is 1. The van der Waals surface area contributed by atoms with Gasteiger partial charge in [0.25, 0.3) is 0 Å². The second-order valence-corrected chi connectivity index (χ2v) is 7.12. The van der Waals surface area contributed by atoms with Gasteiger partial charge in [0.05, 0.1) is 20.6 Å². The molecule has 2 heterocycles. The fraction of sp³-hybridized carbons (Fsp3) is 0.409. The van der Waals surface area contributed by atoms with E-state index in [2.05, 4.69) is 12.1 Å². The minimum atomic E-state index is 0.121. The molecular weight excluding hydrogens is 358 g/mol. The first-order valence-electron chi connectivity index (χ1n) is 9.56. The lowest BCUT2D eigenvalue weighted by Gasteiger charge is -2.32. The summed E-state index contributed by atoms with van der Waals surface area (Å²) in [5.74, 6) is 3.62. The Morgan fingerprint density at radius 1 is 1.04 bits per heavy atom. The lowest BCUT2D eigenvalue weighted by atomic mass is 9.89. The first-order chi connectivity index (χ1) is 13.7. The number of rotatable bonds is 5. The van der Waals surface area contributed by atoms with Crippen LogP contribution in [-0.2, 0) is 11.2 Å². The first-order valence-corrected chi connectivity index (χ1v) is 9.56. The number of carbonyl (C=O) groups excluding carboxylic acids is 1. The number of hydrogen-bond acceptors (Lipinski definition) is 5. The summed E-state index contributed by atoms with van der Waals surface area (Å²) in [6.45, 7) is 1.80. The second-order valence-electron chi connectivity index (χ2n) is 7.12. The van der Waals surface area contributed by atoms with Crippen LogP contribution in [0.4, 0.5) is 0 Å². The zero-order valence-electron chi connectivity index (χ0n) is 16.3. The third-order valence-electron chi connectivity index (χ3n) is 5.54. The maximum atomic E-state index is 12.8. The van der Waals surface area contributed by atoms with Gasteiger partial charge >= 0.3 is 0 Å². The van der Waals surface area contributed by atoms with E-state index in [0.717, 1.165) is 48.7 Å². The van der Waals surface area contributed by atoms with E-state index >= 15 is 0 Å². The van der Waals surface area contributed by atoms with E-state index in [1.54, 1.807) is 14.2 Å². The van der Waals surface area contributed by atoms with E-state index in [1.807, 2.05) is 29.2 Å². The van der Waals surface area contributed by atoms with Gasteiger partial charge in [-0.2, -0.15) is 0 Å². The fourth-order valence-electron chi connectivity index (χ4n) is 3.92. The van der Waals surface area contributed by atoms with Gasteiger partial charge in [0.2, 0.25) is 12.7 Å². The Morgan fingerprint density at radius 2 is 1.82 bits per heavy atom. The highest BCUT2D eigenvalue weighted by molar-refractivity contribution is 5.79. The summed E-state index contributed by atoms with van der Waals surface area (Å²) >= 11 is 0. The predicted octanol–water partition coefficient (Wildman–Crippen LogP) is 3.38. The fourth-order valence-corrected chi connectivity index (χ4v) is 3.92. The Hall–Kier alpha value is -2.89. The molecule has 1 fully saturated rings. The van der Waals surface area contributed by atoms with Crippen molar-refractivity contribution in [2.45, 2.75) is 25.2 Å². The molecular formula is C22H25NO5. The molecule has 2 aliphatic heterocycles. The van der Waals surface area contributed by atoms with Crippen molar-refractivity contribution in [3.63, 3.8) is 0 Å². The molecule has 0 atom stereocenters. The van der Waals surface area contributed by atoms with Crippen LogP contribution in [0.25, 0.3) is 0 Å². The van der Waals surface area contributed by atoms with Crippen molar-refractivity contribution in [1.82, 2.24) is 4.90 Å². The number of methoxy groups -OCH3 is 2. The van der Waals surface area contributed by atoms with Gasteiger partial charge in [-0.15, -0.1) is 0 Å². The van der Waals surface area contributed by atoms with Crippen LogP contribution in [0.3, 0.4) is 0 Å². The SMILES string of the molecule is COc1ccc(OC)c(CC(=O)N2CCC(c3ccc4c(c3)OCO4)CC2)c1. The predicted molar refractivity (Wildman–Crippen MR) is 104 cm³/mol. The van der Waals surface area contributed by atoms with Crippen LogP contribution in [0.2, 0.25) is 0 Å². The first kappa shape index (κ1) is 18.5. The molecule has 148 valence electrons. The summed E-state index contributed by atoms with van der Waals surface area (Å²) in [6.07, 6.45) is 2.20. The van der Waals surface area contributed by atoms with Crippen molar-refractivity contribution in [1.29, 1.82) is 0 Å². The number of carbonyl (C=O) groups is 1. The van der Waals surface area contributed by atoms with E-state index in [1.165, 1.54) is 5.56 Å². The maximum Gasteiger partial charge on any atom is 0.231 e. The largest absolute Gasteiger partial charge is 0.497 e. The van der Waals surface area contributed by atoms with E-state index in [0.29, 0.717) is 24.9 Å². The van der Waals surface area contributed by atoms with Gasteiger partial charge in [-0.25, -0.2) is 0 Å². The molecule has 28 heavy (non-hydrogen) atoms. The van der Waals surface area contributed by atoms with Crippen molar-refractivity contribution >= 4 is 5.91 Å². The molecule has 0 aromatic heterocycles. The Balaban J connectivity index is 1.38. The molecule has 0 unspecified atom stereocenters. The molecule has 0 bridgehead atoms. The number of amides is 1. The summed E-state index contributed by atoms with van der Waals surface area (Å²) in [4.78, 5) is 14.8. The third-order valence-corrected chi connectivity index (χ3v) is 5.54. The zero-order chi connectivity index (χ0) is 19.5. The molecule has 0 radical (unpaired) electrons. The molecule has 0 saturated carbocycles. The van der Waals surface area contributed by atoms with Crippen LogP contribution in [0.5, 0.6) is 23.0 Å². The average molecular weight is 383 g/mol. The summed E-state index contributed by atoms with van der Waals surface area (Å²) in [6, 6.07) is 11.7. The van der Waals surface area contributed by atoms with Gasteiger partial charge in [-0.3, -0.25) is 4.79 Å². The lowest BCUT2D eigenvalue weighted by molar-refractivity contribution is -0.131. The van der Waals surface area contributed by atoms with E-state index in [4.69, 9.17) is 18.9 Å². The average Bonchev–Trinajstić information content (AvgIpc) is 3.21. The monoisotopic (exact) mass is 383 g/mol. The Morgan fingerprint density at radius 3 is 2.57 bits per heavy atom. The molecule has 4 rings (SSSR count). The topological polar surface area (TPSA) is 57.2 Å². The van der Waals surface area contributed by atoms with Crippen molar-refractivity contribution < 1.29 is 23.7 Å². The summed E-state index contributed by atoms with van der Waals surface area (Å²) in [5, 5.41) is 0. The standard InChI is InChI=1S/C22H25NO5/c1-25-18-4-6-19(26-2)17(11-18)13-22(24)23-9-7-15(8-10-23)16-3-5-20-21(12-16)28-14-27-20/h3-6,11-12,15H,7-10,13-14H2,1-2H3. The highest BCUT2D eigenvalue weighted by atomic mass is 16.7. The van der Waals surface area contributed by atoms with E-state index in [-0.39, 0.29) is 5.91 Å². The van der Waals surface area contributed by atoms with E-state index < -0.39 is 0 Å². The smallest absolute Gasteiger partial charge is 0.231 e. The van der Waals surface area contributed by atoms with Crippen molar-refractivity contribution in [2.24, 2.45) is 0 Å². The number of ether oxygens (including phenoxy) is 4. The van der Waals surface area contributed by atoms with E-state index in [9.17, 15) is 4.79 Å². The van der Waals surface area contributed by atoms with Gasteiger partial charge in [-0.05, 0) is 54.7 Å². The number of likely N-dealkylation sites (tertiary alicyclic amines) is 1. The molecule has 0 aliphatic carbocycles. The van der Waals surface area contributed by atoms with Crippen LogP contribution in [-0.4, -0.2) is 44.9 Å². The van der Waals surface area contributed by atoms with Gasteiger partial charge in [0, 0.05) is 18.7 Å². The molecule has 2 aromatic rings. The Kier molecular flexibility index (Phi) is 5.28. The summed E-state index contributed by atoms with van der Waals surface area (Å²) in [5.41, 5.74) is 2.11. The molecule has 6 nitrogen and oxygen atoms in total. The van der Waals surface area contributed by atoms with Crippen molar-refractivity contribution in [2.75, 3.05) is 34.1 Å². The van der Waals surface area contributed by atoms with Crippen LogP contribution < -0.4 is 18.9 Å². The second kappa shape index (κ2) is 8.00. The van der Waals surface area contributed by atoms with Crippen LogP contribution in [0.1, 0.15) is 29.9 Å². The van der Waals surface area contributed by atoms with Crippen molar-refractivity contribution in [3.8, 4) is 23.0 Å². The number of piperidine rings is 1. The summed E-state index contributed by atoms with van der Waals surface area (Å²) < 4.78 is 21.5. The zero-order valence-corrected chi connectivity index (χ0v) is 16.3. The molecule has 6 heteroatoms. The quantitative estimate of drug-likeness (QED) is 0.792. The summed E-state index contributed by atoms with van der Waals surface area (Å²) in [7, 11) is 3.24. The number of fused-ring (bicyclic) bond motifs is 1. The van der Waals surface area contributed by atoms with Gasteiger partial charge in [0.15, 0.2) is 11.5 Å². The Bertz CT molecular complexity index is 858. The van der Waals surface area contributed by atoms with Crippen LogP contribution in [0.15, 0.2) is 36.4 Å². The van der Waals surface area contributed by atoms with Crippen molar-refractivity contribution in [3.05, 3.63) is 47.5 Å². The number of benzene rings is 2. The van der Waals surface area contributed by atoms with Gasteiger partial charge in [-0.1, -0.05) is 6.07 Å². The highest BCUT2D eigenvalue weighted by Gasteiger charge is 2.26. The molecule has 1 amide bonds. The van der Waals surface area contributed by atoms with Gasteiger partial charge < -0.3 is 23.8 Å². The molecule has 0 N–H and O–H groups in total. The molecule has 0 spiro atoms. The normalized spacial score (nSPS) is 16.1. The third kappa shape index (κ3) is 3.72. The highest BCUT2D eigenvalue weighted by Crippen LogP contribution is 2.37. The lowest BCUT2D eigenvalue weighted by Crippen LogP contribution is -2.38. The maximum absolute atomic E-state index is 12.8. The number of hydrogen-bond donors (Lipinski definition) is 0. The van der Waals surface area contributed by atoms with Gasteiger partial charge in [0.1, 0.15) is 11.5 Å².